The van der Waals surface area contributed by atoms with Gasteiger partial charge < -0.3 is 4.90 Å². The first-order chi connectivity index (χ1) is 7.20. The third-order valence-corrected chi connectivity index (χ3v) is 3.79. The van der Waals surface area contributed by atoms with Crippen LogP contribution in [0.25, 0.3) is 0 Å². The summed E-state index contributed by atoms with van der Waals surface area (Å²) in [5.41, 5.74) is 0. The molecule has 0 aromatic carbocycles. The summed E-state index contributed by atoms with van der Waals surface area (Å²) in [4.78, 5) is 13.7. The van der Waals surface area contributed by atoms with E-state index in [0.717, 1.165) is 24.3 Å². The molecule has 2 atom stereocenters. The fourth-order valence-corrected chi connectivity index (χ4v) is 2.80. The standard InChI is InChI=1S/C11H22N2OS/c1-4-10-12-8-11(14)13(10)9(3)6-7-15-5-2/h9-10,12H,4-8H2,1-3H3. The zero-order valence-electron chi connectivity index (χ0n) is 9.95. The Morgan fingerprint density at radius 3 is 2.93 bits per heavy atom. The molecule has 1 aliphatic heterocycles. The molecule has 1 heterocycles. The van der Waals surface area contributed by atoms with Crippen molar-refractivity contribution in [1.82, 2.24) is 10.2 Å². The molecule has 1 saturated heterocycles. The normalized spacial score (nSPS) is 23.5. The van der Waals surface area contributed by atoms with Crippen molar-refractivity contribution < 1.29 is 4.79 Å². The number of carbonyl (C=O) groups is 1. The molecular formula is C11H22N2OS. The molecule has 1 aliphatic rings. The van der Waals surface area contributed by atoms with E-state index in [1.807, 2.05) is 16.7 Å². The maximum atomic E-state index is 11.7. The van der Waals surface area contributed by atoms with Crippen molar-refractivity contribution in [2.24, 2.45) is 0 Å². The second-order valence-electron chi connectivity index (χ2n) is 3.94. The SMILES string of the molecule is CCSCCC(C)N1C(=O)CNC1CC. The van der Waals surface area contributed by atoms with E-state index < -0.39 is 0 Å². The lowest BCUT2D eigenvalue weighted by atomic mass is 10.2. The minimum absolute atomic E-state index is 0.260. The predicted octanol–water partition coefficient (Wildman–Crippen LogP) is 1.69. The van der Waals surface area contributed by atoms with Crippen LogP contribution in [-0.2, 0) is 4.79 Å². The second-order valence-corrected chi connectivity index (χ2v) is 5.33. The van der Waals surface area contributed by atoms with Crippen LogP contribution in [-0.4, -0.2) is 41.1 Å². The van der Waals surface area contributed by atoms with Crippen LogP contribution in [0.3, 0.4) is 0 Å². The lowest BCUT2D eigenvalue weighted by Gasteiger charge is -2.29. The zero-order chi connectivity index (χ0) is 11.3. The molecule has 0 aromatic heterocycles. The lowest BCUT2D eigenvalue weighted by Crippen LogP contribution is -2.43. The van der Waals surface area contributed by atoms with Crippen molar-refractivity contribution in [3.05, 3.63) is 0 Å². The number of hydrogen-bond donors (Lipinski definition) is 1. The van der Waals surface area contributed by atoms with Crippen LogP contribution in [0.4, 0.5) is 0 Å². The van der Waals surface area contributed by atoms with E-state index in [1.54, 1.807) is 0 Å². The van der Waals surface area contributed by atoms with Gasteiger partial charge in [-0.1, -0.05) is 13.8 Å². The highest BCUT2D eigenvalue weighted by atomic mass is 32.2. The molecular weight excluding hydrogens is 208 g/mol. The molecule has 88 valence electrons. The van der Waals surface area contributed by atoms with Gasteiger partial charge in [0, 0.05) is 6.04 Å². The van der Waals surface area contributed by atoms with E-state index >= 15 is 0 Å². The number of rotatable bonds is 6. The van der Waals surface area contributed by atoms with Crippen LogP contribution >= 0.6 is 11.8 Å². The first kappa shape index (κ1) is 12.8. The molecule has 1 amide bonds. The van der Waals surface area contributed by atoms with Gasteiger partial charge in [0.1, 0.15) is 0 Å². The molecule has 0 spiro atoms. The van der Waals surface area contributed by atoms with E-state index in [0.29, 0.717) is 12.6 Å². The van der Waals surface area contributed by atoms with Crippen LogP contribution in [0.5, 0.6) is 0 Å². The van der Waals surface area contributed by atoms with Crippen molar-refractivity contribution in [3.8, 4) is 0 Å². The number of nitrogens with zero attached hydrogens (tertiary/aromatic N) is 1. The summed E-state index contributed by atoms with van der Waals surface area (Å²) in [5.74, 6) is 2.57. The lowest BCUT2D eigenvalue weighted by molar-refractivity contribution is -0.130. The molecule has 0 radical (unpaired) electrons. The Morgan fingerprint density at radius 2 is 2.33 bits per heavy atom. The first-order valence-electron chi connectivity index (χ1n) is 5.83. The van der Waals surface area contributed by atoms with Gasteiger partial charge in [-0.05, 0) is 31.3 Å². The summed E-state index contributed by atoms with van der Waals surface area (Å²) in [5, 5.41) is 3.25. The maximum absolute atomic E-state index is 11.7. The summed E-state index contributed by atoms with van der Waals surface area (Å²) >= 11 is 1.95. The molecule has 0 bridgehead atoms. The van der Waals surface area contributed by atoms with Crippen LogP contribution in [0.15, 0.2) is 0 Å². The van der Waals surface area contributed by atoms with Gasteiger partial charge in [-0.15, -0.1) is 0 Å². The van der Waals surface area contributed by atoms with Gasteiger partial charge in [0.05, 0.1) is 12.7 Å². The monoisotopic (exact) mass is 230 g/mol. The molecule has 4 heteroatoms. The first-order valence-corrected chi connectivity index (χ1v) is 6.98. The van der Waals surface area contributed by atoms with E-state index in [1.165, 1.54) is 0 Å². The molecule has 0 saturated carbocycles. The Morgan fingerprint density at radius 1 is 1.60 bits per heavy atom. The number of carbonyl (C=O) groups excluding carboxylic acids is 1. The fraction of sp³-hybridized carbons (Fsp3) is 0.909. The van der Waals surface area contributed by atoms with Gasteiger partial charge in [-0.2, -0.15) is 11.8 Å². The summed E-state index contributed by atoms with van der Waals surface area (Å²) in [7, 11) is 0. The van der Waals surface area contributed by atoms with Gasteiger partial charge in [-0.25, -0.2) is 0 Å². The predicted molar refractivity (Wildman–Crippen MR) is 66.0 cm³/mol. The van der Waals surface area contributed by atoms with E-state index in [4.69, 9.17) is 0 Å². The topological polar surface area (TPSA) is 32.3 Å². The number of nitrogens with one attached hydrogen (secondary N) is 1. The molecule has 1 fully saturated rings. The molecule has 0 aromatic rings. The van der Waals surface area contributed by atoms with E-state index in [2.05, 4.69) is 26.1 Å². The molecule has 1 rings (SSSR count). The Labute approximate surface area is 97.0 Å². The highest BCUT2D eigenvalue weighted by Gasteiger charge is 2.32. The van der Waals surface area contributed by atoms with E-state index in [-0.39, 0.29) is 12.1 Å². The van der Waals surface area contributed by atoms with Crippen molar-refractivity contribution in [2.75, 3.05) is 18.1 Å². The van der Waals surface area contributed by atoms with Crippen LogP contribution in [0.1, 0.15) is 33.6 Å². The number of thioether (sulfide) groups is 1. The highest BCUT2D eigenvalue weighted by molar-refractivity contribution is 7.99. The zero-order valence-corrected chi connectivity index (χ0v) is 10.8. The summed E-state index contributed by atoms with van der Waals surface area (Å²) < 4.78 is 0. The Balaban J connectivity index is 2.41. The third kappa shape index (κ3) is 3.38. The van der Waals surface area contributed by atoms with Gasteiger partial charge in [0.15, 0.2) is 0 Å². The van der Waals surface area contributed by atoms with E-state index in [9.17, 15) is 4.79 Å². The fourth-order valence-electron chi connectivity index (χ4n) is 2.00. The minimum Gasteiger partial charge on any atom is -0.323 e. The minimum atomic E-state index is 0.260. The van der Waals surface area contributed by atoms with Gasteiger partial charge in [-0.3, -0.25) is 10.1 Å². The van der Waals surface area contributed by atoms with Gasteiger partial charge in [0.25, 0.3) is 0 Å². The quantitative estimate of drug-likeness (QED) is 0.705. The average molecular weight is 230 g/mol. The highest BCUT2D eigenvalue weighted by Crippen LogP contribution is 2.16. The second kappa shape index (κ2) is 6.38. The van der Waals surface area contributed by atoms with Crippen molar-refractivity contribution in [1.29, 1.82) is 0 Å². The maximum Gasteiger partial charge on any atom is 0.238 e. The van der Waals surface area contributed by atoms with Gasteiger partial charge >= 0.3 is 0 Å². The summed E-state index contributed by atoms with van der Waals surface area (Å²) in [6.45, 7) is 6.97. The Bertz CT molecular complexity index is 211. The van der Waals surface area contributed by atoms with Crippen LogP contribution in [0.2, 0.25) is 0 Å². The summed E-state index contributed by atoms with van der Waals surface area (Å²) in [6.07, 6.45) is 2.36. The largest absolute Gasteiger partial charge is 0.323 e. The smallest absolute Gasteiger partial charge is 0.238 e. The van der Waals surface area contributed by atoms with Crippen molar-refractivity contribution in [2.45, 2.75) is 45.8 Å². The van der Waals surface area contributed by atoms with Crippen molar-refractivity contribution >= 4 is 17.7 Å². The van der Waals surface area contributed by atoms with Crippen LogP contribution < -0.4 is 5.32 Å². The Hall–Kier alpha value is -0.220. The summed E-state index contributed by atoms with van der Waals surface area (Å²) in [6, 6.07) is 0.372. The van der Waals surface area contributed by atoms with Crippen LogP contribution in [0, 0.1) is 0 Å². The Kier molecular flexibility index (Phi) is 5.47. The average Bonchev–Trinajstić information content (AvgIpc) is 2.59. The molecule has 2 unspecified atom stereocenters. The molecule has 0 aliphatic carbocycles. The molecule has 3 nitrogen and oxygen atoms in total. The number of hydrogen-bond acceptors (Lipinski definition) is 3. The number of amides is 1. The molecule has 1 N–H and O–H groups in total. The molecule has 15 heavy (non-hydrogen) atoms. The third-order valence-electron chi connectivity index (χ3n) is 2.86. The van der Waals surface area contributed by atoms with Crippen molar-refractivity contribution in [3.63, 3.8) is 0 Å². The van der Waals surface area contributed by atoms with Gasteiger partial charge in [0.2, 0.25) is 5.91 Å².